The number of hydrogen-bond donors (Lipinski definition) is 2. The molecule has 0 radical (unpaired) electrons. The Hall–Kier alpha value is -1.58. The van der Waals surface area contributed by atoms with Crippen LogP contribution in [0.25, 0.3) is 0 Å². The van der Waals surface area contributed by atoms with Crippen molar-refractivity contribution in [3.05, 3.63) is 29.6 Å². The molecule has 0 aromatic heterocycles. The average Bonchev–Trinajstić information content (AvgIpc) is 2.05. The van der Waals surface area contributed by atoms with Crippen LogP contribution in [0.4, 0.5) is 14.9 Å². The number of amides is 1. The molecule has 0 aliphatic carbocycles. The van der Waals surface area contributed by atoms with Crippen molar-refractivity contribution in [1.82, 2.24) is 0 Å². The first kappa shape index (κ1) is 11.5. The smallest absolute Gasteiger partial charge is 0.409 e. The van der Waals surface area contributed by atoms with Crippen molar-refractivity contribution in [2.45, 2.75) is 26.2 Å². The van der Waals surface area contributed by atoms with Crippen molar-refractivity contribution in [1.29, 1.82) is 0 Å². The SMILES string of the molecule is CC(C)(C)c1ccc(NC(=O)O)c(F)c1. The molecule has 1 rings (SSSR count). The quantitative estimate of drug-likeness (QED) is 0.749. The van der Waals surface area contributed by atoms with Crippen LogP contribution >= 0.6 is 0 Å². The van der Waals surface area contributed by atoms with Crippen LogP contribution < -0.4 is 5.32 Å². The van der Waals surface area contributed by atoms with E-state index in [0.29, 0.717) is 0 Å². The molecule has 0 aliphatic heterocycles. The van der Waals surface area contributed by atoms with Gasteiger partial charge in [-0.15, -0.1) is 0 Å². The molecule has 0 saturated carbocycles. The summed E-state index contributed by atoms with van der Waals surface area (Å²) >= 11 is 0. The van der Waals surface area contributed by atoms with Crippen molar-refractivity contribution in [3.63, 3.8) is 0 Å². The van der Waals surface area contributed by atoms with Gasteiger partial charge in [0.25, 0.3) is 0 Å². The highest BCUT2D eigenvalue weighted by Gasteiger charge is 2.16. The van der Waals surface area contributed by atoms with E-state index >= 15 is 0 Å². The lowest BCUT2D eigenvalue weighted by molar-refractivity contribution is 0.209. The normalized spacial score (nSPS) is 11.2. The largest absolute Gasteiger partial charge is 0.465 e. The lowest BCUT2D eigenvalue weighted by Crippen LogP contribution is -2.13. The van der Waals surface area contributed by atoms with Gasteiger partial charge in [0.15, 0.2) is 0 Å². The lowest BCUT2D eigenvalue weighted by atomic mass is 9.87. The van der Waals surface area contributed by atoms with Gasteiger partial charge in [-0.1, -0.05) is 26.8 Å². The molecule has 4 heteroatoms. The fourth-order valence-electron chi connectivity index (χ4n) is 1.20. The molecule has 0 unspecified atom stereocenters. The minimum atomic E-state index is -1.27. The molecule has 0 heterocycles. The van der Waals surface area contributed by atoms with Crippen molar-refractivity contribution in [2.75, 3.05) is 5.32 Å². The maximum atomic E-state index is 13.4. The predicted molar refractivity (Wildman–Crippen MR) is 56.7 cm³/mol. The molecule has 0 atom stereocenters. The van der Waals surface area contributed by atoms with E-state index in [1.807, 2.05) is 26.1 Å². The molecule has 0 spiro atoms. The van der Waals surface area contributed by atoms with Crippen LogP contribution in [0.1, 0.15) is 26.3 Å². The number of nitrogens with one attached hydrogen (secondary N) is 1. The molecule has 0 aliphatic rings. The highest BCUT2D eigenvalue weighted by Crippen LogP contribution is 2.25. The van der Waals surface area contributed by atoms with Gasteiger partial charge >= 0.3 is 6.09 Å². The first-order chi connectivity index (χ1) is 6.80. The predicted octanol–water partition coefficient (Wildman–Crippen LogP) is 3.21. The van der Waals surface area contributed by atoms with E-state index in [-0.39, 0.29) is 11.1 Å². The summed E-state index contributed by atoms with van der Waals surface area (Å²) in [5.41, 5.74) is 0.661. The molecule has 1 amide bonds. The van der Waals surface area contributed by atoms with Gasteiger partial charge in [0, 0.05) is 0 Å². The Balaban J connectivity index is 3.03. The topological polar surface area (TPSA) is 49.3 Å². The van der Waals surface area contributed by atoms with E-state index in [1.165, 1.54) is 12.1 Å². The van der Waals surface area contributed by atoms with E-state index in [0.717, 1.165) is 5.56 Å². The second-order valence-corrected chi connectivity index (χ2v) is 4.37. The monoisotopic (exact) mass is 211 g/mol. The molecule has 2 N–H and O–H groups in total. The van der Waals surface area contributed by atoms with Crippen LogP contribution in [0.15, 0.2) is 18.2 Å². The Bertz CT molecular complexity index is 383. The van der Waals surface area contributed by atoms with Gasteiger partial charge in [-0.05, 0) is 23.1 Å². The Labute approximate surface area is 87.9 Å². The third-order valence-corrected chi connectivity index (χ3v) is 2.08. The van der Waals surface area contributed by atoms with Gasteiger partial charge in [0.1, 0.15) is 5.82 Å². The summed E-state index contributed by atoms with van der Waals surface area (Å²) in [7, 11) is 0. The van der Waals surface area contributed by atoms with Crippen molar-refractivity contribution in [3.8, 4) is 0 Å². The summed E-state index contributed by atoms with van der Waals surface area (Å²) < 4.78 is 13.4. The molecule has 15 heavy (non-hydrogen) atoms. The van der Waals surface area contributed by atoms with E-state index in [1.54, 1.807) is 6.07 Å². The second-order valence-electron chi connectivity index (χ2n) is 4.37. The van der Waals surface area contributed by atoms with Crippen LogP contribution in [0.2, 0.25) is 0 Å². The van der Waals surface area contributed by atoms with Crippen LogP contribution in [-0.4, -0.2) is 11.2 Å². The molecular formula is C11H14FNO2. The number of carbonyl (C=O) groups is 1. The van der Waals surface area contributed by atoms with Crippen molar-refractivity contribution in [2.24, 2.45) is 0 Å². The highest BCUT2D eigenvalue weighted by atomic mass is 19.1. The van der Waals surface area contributed by atoms with E-state index in [4.69, 9.17) is 5.11 Å². The number of benzene rings is 1. The van der Waals surface area contributed by atoms with Gasteiger partial charge < -0.3 is 5.11 Å². The highest BCUT2D eigenvalue weighted by molar-refractivity contribution is 5.83. The molecular weight excluding hydrogens is 197 g/mol. The first-order valence-corrected chi connectivity index (χ1v) is 4.60. The van der Waals surface area contributed by atoms with E-state index in [2.05, 4.69) is 0 Å². The van der Waals surface area contributed by atoms with Crippen LogP contribution in [0.5, 0.6) is 0 Å². The molecule has 0 saturated heterocycles. The van der Waals surface area contributed by atoms with Gasteiger partial charge in [0.05, 0.1) is 5.69 Å². The molecule has 0 fully saturated rings. The second kappa shape index (κ2) is 3.88. The average molecular weight is 211 g/mol. The minimum absolute atomic E-state index is 0.0181. The maximum Gasteiger partial charge on any atom is 0.409 e. The van der Waals surface area contributed by atoms with E-state index in [9.17, 15) is 9.18 Å². The van der Waals surface area contributed by atoms with Gasteiger partial charge in [-0.2, -0.15) is 0 Å². The summed E-state index contributed by atoms with van der Waals surface area (Å²) in [4.78, 5) is 10.3. The maximum absolute atomic E-state index is 13.4. The minimum Gasteiger partial charge on any atom is -0.465 e. The molecule has 1 aromatic rings. The van der Waals surface area contributed by atoms with Crippen LogP contribution in [0, 0.1) is 5.82 Å². The van der Waals surface area contributed by atoms with Gasteiger partial charge in [-0.25, -0.2) is 9.18 Å². The number of anilines is 1. The number of hydrogen-bond acceptors (Lipinski definition) is 1. The fraction of sp³-hybridized carbons (Fsp3) is 0.364. The zero-order valence-corrected chi connectivity index (χ0v) is 8.97. The Morgan fingerprint density at radius 1 is 1.40 bits per heavy atom. The Morgan fingerprint density at radius 3 is 2.40 bits per heavy atom. The third-order valence-electron chi connectivity index (χ3n) is 2.08. The zero-order valence-electron chi connectivity index (χ0n) is 8.97. The lowest BCUT2D eigenvalue weighted by Gasteiger charge is -2.19. The van der Waals surface area contributed by atoms with Gasteiger partial charge in [0.2, 0.25) is 0 Å². The zero-order chi connectivity index (χ0) is 11.6. The summed E-state index contributed by atoms with van der Waals surface area (Å²) in [5.74, 6) is -0.551. The van der Waals surface area contributed by atoms with Crippen molar-refractivity contribution >= 4 is 11.8 Å². The van der Waals surface area contributed by atoms with Crippen LogP contribution in [-0.2, 0) is 5.41 Å². The Kier molecular flexibility index (Phi) is 2.98. The van der Waals surface area contributed by atoms with Crippen molar-refractivity contribution < 1.29 is 14.3 Å². The summed E-state index contributed by atoms with van der Waals surface area (Å²) in [6.07, 6.45) is -1.27. The number of carboxylic acid groups (broad SMARTS) is 1. The fourth-order valence-corrected chi connectivity index (χ4v) is 1.20. The Morgan fingerprint density at radius 2 is 2.00 bits per heavy atom. The molecule has 3 nitrogen and oxygen atoms in total. The van der Waals surface area contributed by atoms with Crippen LogP contribution in [0.3, 0.4) is 0 Å². The standard InChI is InChI=1S/C11H14FNO2/c1-11(2,3)7-4-5-9(8(12)6-7)13-10(14)15/h4-6,13H,1-3H3,(H,14,15). The van der Waals surface area contributed by atoms with E-state index < -0.39 is 11.9 Å². The summed E-state index contributed by atoms with van der Waals surface area (Å²) in [5, 5.41) is 10.4. The first-order valence-electron chi connectivity index (χ1n) is 4.60. The summed E-state index contributed by atoms with van der Waals surface area (Å²) in [6, 6.07) is 4.50. The number of rotatable bonds is 1. The third kappa shape index (κ3) is 2.94. The summed E-state index contributed by atoms with van der Waals surface area (Å²) in [6.45, 7) is 5.89. The molecule has 82 valence electrons. The molecule has 0 bridgehead atoms. The number of halogens is 1. The van der Waals surface area contributed by atoms with Gasteiger partial charge in [-0.3, -0.25) is 5.32 Å². The molecule has 1 aromatic carbocycles.